The van der Waals surface area contributed by atoms with Crippen LogP contribution in [0.1, 0.15) is 136 Å². The standard InChI is InChI=1S/C50H79NO7/c1-6-8-10-12-14-16-18-20-22-24-26-28-30-32-34-36-38-40-48(52)57-45-46(44-56-43-42-47(50(54)55)51(3,4)5)58-49(53)41-39-37-35-33-31-29-27-25-23-21-19-17-15-13-11-9-7-2/h8,10,14-17,20-23,26-29,32-35,46-47H,6-7,9,11-13,18-19,24-25,30-31,36-45H2,1-5H3/p+1/b10-8+,16-14+,17-15+,22-20+,23-21+,28-26+,29-27+,34-32+,35-33+. The predicted octanol–water partition coefficient (Wildman–Crippen LogP) is 12.1. The lowest BCUT2D eigenvalue weighted by Crippen LogP contribution is -2.50. The summed E-state index contributed by atoms with van der Waals surface area (Å²) in [7, 11) is 5.47. The van der Waals surface area contributed by atoms with Gasteiger partial charge in [-0.2, -0.15) is 0 Å². The van der Waals surface area contributed by atoms with E-state index in [2.05, 4.69) is 123 Å². The van der Waals surface area contributed by atoms with Crippen molar-refractivity contribution in [3.05, 3.63) is 109 Å². The average molecular weight is 807 g/mol. The molecule has 0 aliphatic carbocycles. The van der Waals surface area contributed by atoms with Gasteiger partial charge in [0.2, 0.25) is 0 Å². The third-order valence-corrected chi connectivity index (χ3v) is 8.91. The van der Waals surface area contributed by atoms with Gasteiger partial charge < -0.3 is 23.8 Å². The summed E-state index contributed by atoms with van der Waals surface area (Å²) in [5.41, 5.74) is 0. The Labute approximate surface area is 353 Å². The average Bonchev–Trinajstić information content (AvgIpc) is 3.18. The Morgan fingerprint density at radius 2 is 0.948 bits per heavy atom. The number of quaternary nitrogens is 1. The van der Waals surface area contributed by atoms with E-state index in [1.807, 2.05) is 21.1 Å². The van der Waals surface area contributed by atoms with Gasteiger partial charge in [0, 0.05) is 19.3 Å². The molecule has 0 spiro atoms. The Kier molecular flexibility index (Phi) is 37.0. The van der Waals surface area contributed by atoms with E-state index in [1.54, 1.807) is 0 Å². The first-order chi connectivity index (χ1) is 28.1. The molecule has 0 aromatic rings. The van der Waals surface area contributed by atoms with Gasteiger partial charge in [-0.1, -0.05) is 136 Å². The summed E-state index contributed by atoms with van der Waals surface area (Å²) >= 11 is 0. The van der Waals surface area contributed by atoms with Gasteiger partial charge in [0.05, 0.1) is 34.4 Å². The number of rotatable bonds is 37. The van der Waals surface area contributed by atoms with E-state index in [0.29, 0.717) is 19.3 Å². The fourth-order valence-electron chi connectivity index (χ4n) is 5.53. The monoisotopic (exact) mass is 807 g/mol. The van der Waals surface area contributed by atoms with Gasteiger partial charge in [-0.25, -0.2) is 4.79 Å². The second-order valence-electron chi connectivity index (χ2n) is 15.2. The van der Waals surface area contributed by atoms with E-state index in [9.17, 15) is 19.5 Å². The first kappa shape index (κ1) is 54.0. The molecule has 1 N–H and O–H groups in total. The first-order valence-electron chi connectivity index (χ1n) is 21.9. The second kappa shape index (κ2) is 39.8. The number of ether oxygens (including phenoxy) is 3. The molecule has 0 amide bonds. The maximum Gasteiger partial charge on any atom is 0.362 e. The molecule has 0 heterocycles. The lowest BCUT2D eigenvalue weighted by atomic mass is 10.1. The van der Waals surface area contributed by atoms with Crippen molar-refractivity contribution in [1.82, 2.24) is 0 Å². The molecule has 58 heavy (non-hydrogen) atoms. The Balaban J connectivity index is 4.57. The number of aliphatic carboxylic acids is 1. The molecule has 8 heteroatoms. The van der Waals surface area contributed by atoms with E-state index >= 15 is 0 Å². The Hall–Kier alpha value is -4.01. The second-order valence-corrected chi connectivity index (χ2v) is 15.2. The number of hydrogen-bond donors (Lipinski definition) is 1. The van der Waals surface area contributed by atoms with Crippen molar-refractivity contribution in [3.63, 3.8) is 0 Å². The fourth-order valence-corrected chi connectivity index (χ4v) is 5.53. The van der Waals surface area contributed by atoms with Gasteiger partial charge in [0.1, 0.15) is 6.61 Å². The molecule has 0 saturated heterocycles. The fraction of sp³-hybridized carbons (Fsp3) is 0.580. The SMILES string of the molecule is CC/C=C/C/C=C/C/C=C/C/C=C/C/C=C/CCCC(=O)OCC(COCCC(C(=O)O)[N+](C)(C)C)OC(=O)CCC/C=C/C/C=C/C/C=C/C/C=C/CCCCC. The third kappa shape index (κ3) is 37.6. The normalized spacial score (nSPS) is 14.0. The largest absolute Gasteiger partial charge is 0.477 e. The summed E-state index contributed by atoms with van der Waals surface area (Å²) in [6.07, 6.45) is 54.3. The summed E-state index contributed by atoms with van der Waals surface area (Å²) < 4.78 is 17.1. The molecule has 0 rings (SSSR count). The van der Waals surface area contributed by atoms with Crippen LogP contribution in [0.15, 0.2) is 109 Å². The lowest BCUT2D eigenvalue weighted by molar-refractivity contribution is -0.887. The van der Waals surface area contributed by atoms with Crippen LogP contribution in [0.25, 0.3) is 0 Å². The van der Waals surface area contributed by atoms with Gasteiger partial charge in [0.25, 0.3) is 0 Å². The quantitative estimate of drug-likeness (QED) is 0.0289. The highest BCUT2D eigenvalue weighted by Gasteiger charge is 2.31. The van der Waals surface area contributed by atoms with Crippen LogP contribution in [0.2, 0.25) is 0 Å². The summed E-state index contributed by atoms with van der Waals surface area (Å²) in [4.78, 5) is 36.9. The first-order valence-corrected chi connectivity index (χ1v) is 21.9. The molecule has 0 aromatic heterocycles. The van der Waals surface area contributed by atoms with Crippen molar-refractivity contribution in [2.75, 3.05) is 41.0 Å². The Morgan fingerprint density at radius 3 is 1.36 bits per heavy atom. The number of esters is 2. The van der Waals surface area contributed by atoms with Gasteiger partial charge in [-0.3, -0.25) is 9.59 Å². The number of hydrogen-bond acceptors (Lipinski definition) is 6. The molecule has 0 aromatic carbocycles. The van der Waals surface area contributed by atoms with Crippen molar-refractivity contribution in [1.29, 1.82) is 0 Å². The minimum atomic E-state index is -0.897. The molecule has 0 bridgehead atoms. The van der Waals surface area contributed by atoms with Crippen LogP contribution in [0, 0.1) is 0 Å². The molecule has 0 radical (unpaired) electrons. The molecule has 0 aliphatic heterocycles. The summed E-state index contributed by atoms with van der Waals surface area (Å²) in [5.74, 6) is -1.63. The van der Waals surface area contributed by atoms with Gasteiger partial charge in [0.15, 0.2) is 12.1 Å². The zero-order chi connectivity index (χ0) is 42.8. The number of allylic oxidation sites excluding steroid dienone is 18. The molecule has 8 nitrogen and oxygen atoms in total. The number of carbonyl (C=O) groups is 3. The summed E-state index contributed by atoms with van der Waals surface area (Å²) in [5, 5.41) is 9.62. The van der Waals surface area contributed by atoms with Crippen LogP contribution in [0.4, 0.5) is 0 Å². The third-order valence-electron chi connectivity index (χ3n) is 8.91. The minimum absolute atomic E-state index is 0.0136. The minimum Gasteiger partial charge on any atom is -0.477 e. The molecular formula is C50H80NO7+. The van der Waals surface area contributed by atoms with Gasteiger partial charge in [-0.05, 0) is 89.9 Å². The highest BCUT2D eigenvalue weighted by atomic mass is 16.6. The van der Waals surface area contributed by atoms with Crippen LogP contribution < -0.4 is 0 Å². The predicted molar refractivity (Wildman–Crippen MR) is 242 cm³/mol. The van der Waals surface area contributed by atoms with Crippen molar-refractivity contribution in [2.24, 2.45) is 0 Å². The number of likely N-dealkylation sites (N-methyl/N-ethyl adjacent to an activating group) is 1. The zero-order valence-corrected chi connectivity index (χ0v) is 36.9. The Bertz CT molecular complexity index is 1310. The van der Waals surface area contributed by atoms with E-state index in [1.165, 1.54) is 25.7 Å². The zero-order valence-electron chi connectivity index (χ0n) is 36.9. The number of carboxylic acid groups (broad SMARTS) is 1. The highest BCUT2D eigenvalue weighted by Crippen LogP contribution is 2.10. The van der Waals surface area contributed by atoms with E-state index in [-0.39, 0.29) is 49.1 Å². The molecule has 2 atom stereocenters. The maximum absolute atomic E-state index is 12.7. The summed E-state index contributed by atoms with van der Waals surface area (Å²) in [6, 6.07) is -0.639. The van der Waals surface area contributed by atoms with E-state index in [4.69, 9.17) is 14.2 Å². The van der Waals surface area contributed by atoms with Gasteiger partial charge in [-0.15, -0.1) is 0 Å². The van der Waals surface area contributed by atoms with Crippen LogP contribution in [0.5, 0.6) is 0 Å². The number of carbonyl (C=O) groups excluding carboxylic acids is 2. The van der Waals surface area contributed by atoms with Crippen molar-refractivity contribution >= 4 is 17.9 Å². The Morgan fingerprint density at radius 1 is 0.534 bits per heavy atom. The van der Waals surface area contributed by atoms with Crippen molar-refractivity contribution in [2.45, 2.75) is 148 Å². The maximum atomic E-state index is 12.7. The number of unbranched alkanes of at least 4 members (excludes halogenated alkanes) is 5. The summed E-state index contributed by atoms with van der Waals surface area (Å²) in [6.45, 7) is 4.44. The van der Waals surface area contributed by atoms with Crippen molar-refractivity contribution in [3.8, 4) is 0 Å². The van der Waals surface area contributed by atoms with Crippen molar-refractivity contribution < 1.29 is 38.2 Å². The number of carboxylic acids is 1. The van der Waals surface area contributed by atoms with Crippen LogP contribution >= 0.6 is 0 Å². The van der Waals surface area contributed by atoms with Crippen LogP contribution in [-0.2, 0) is 28.6 Å². The molecule has 2 unspecified atom stereocenters. The smallest absolute Gasteiger partial charge is 0.362 e. The molecule has 326 valence electrons. The lowest BCUT2D eigenvalue weighted by Gasteiger charge is -2.31. The molecular weight excluding hydrogens is 727 g/mol. The van der Waals surface area contributed by atoms with Gasteiger partial charge >= 0.3 is 17.9 Å². The topological polar surface area (TPSA) is 99.1 Å². The van der Waals surface area contributed by atoms with E-state index < -0.39 is 18.1 Å². The highest BCUT2D eigenvalue weighted by molar-refractivity contribution is 5.72. The van der Waals surface area contributed by atoms with Crippen LogP contribution in [-0.4, -0.2) is 80.6 Å². The van der Waals surface area contributed by atoms with E-state index in [0.717, 1.165) is 64.2 Å². The molecule has 0 saturated carbocycles. The van der Waals surface area contributed by atoms with Crippen LogP contribution in [0.3, 0.4) is 0 Å². The molecule has 0 aliphatic rings. The molecule has 0 fully saturated rings. The number of nitrogens with zero attached hydrogens (tertiary/aromatic N) is 1.